The van der Waals surface area contributed by atoms with Gasteiger partial charge in [-0.3, -0.25) is 0 Å². The van der Waals surface area contributed by atoms with Crippen LogP contribution in [0.15, 0.2) is 30.3 Å². The second-order valence-electron chi connectivity index (χ2n) is 3.66. The Morgan fingerprint density at radius 1 is 1.13 bits per heavy atom. The van der Waals surface area contributed by atoms with E-state index in [0.717, 1.165) is 14.4 Å². The summed E-state index contributed by atoms with van der Waals surface area (Å²) < 4.78 is 13.5. The Kier molecular flexibility index (Phi) is 3.66. The second-order valence-corrected chi connectivity index (χ2v) is 14.0. The Morgan fingerprint density at radius 3 is 2.33 bits per heavy atom. The average Bonchev–Trinajstić information content (AvgIpc) is 2.75. The third-order valence-corrected chi connectivity index (χ3v) is 11.9. The molecule has 0 bridgehead atoms. The Bertz CT molecular complexity index is 311. The molecule has 0 spiro atoms. The summed E-state index contributed by atoms with van der Waals surface area (Å²) in [5.41, 5.74) is 1.04. The molecule has 1 heterocycles. The van der Waals surface area contributed by atoms with Gasteiger partial charge < -0.3 is 0 Å². The van der Waals surface area contributed by atoms with Crippen molar-refractivity contribution in [2.45, 2.75) is 29.0 Å². The molecule has 1 saturated heterocycles. The first-order chi connectivity index (χ1) is 7.29. The standard InChI is InChI=1S/C7H7O3.2C2H5.Sn/c8-7(10-9)6-4-2-1-3-5-6;2*1-2;/h1-5,7,9H;2*1H2,2H3;/q-1;;;+2/p-1/t7-;;;/m0.../s1. The number of rotatable bonds is 3. The molecule has 0 radical (unpaired) electrons. The van der Waals surface area contributed by atoms with E-state index in [1.807, 2.05) is 30.3 Å². The van der Waals surface area contributed by atoms with Crippen LogP contribution in [0.4, 0.5) is 0 Å². The van der Waals surface area contributed by atoms with Crippen LogP contribution in [0.25, 0.3) is 0 Å². The topological polar surface area (TPSA) is 27.7 Å². The average molecular weight is 315 g/mol. The number of hydrogen-bond donors (Lipinski definition) is 0. The van der Waals surface area contributed by atoms with E-state index in [1.54, 1.807) is 0 Å². The molecule has 1 aromatic carbocycles. The van der Waals surface area contributed by atoms with Crippen LogP contribution < -0.4 is 0 Å². The quantitative estimate of drug-likeness (QED) is 0.633. The molecule has 0 N–H and O–H groups in total. The molecule has 1 fully saturated rings. The molecule has 1 aliphatic rings. The normalized spacial score (nSPS) is 24.3. The van der Waals surface area contributed by atoms with Gasteiger partial charge in [0.2, 0.25) is 0 Å². The van der Waals surface area contributed by atoms with Crippen molar-refractivity contribution in [3.8, 4) is 0 Å². The summed E-state index contributed by atoms with van der Waals surface area (Å²) in [7, 11) is 0. The van der Waals surface area contributed by atoms with E-state index in [0.29, 0.717) is 0 Å². The second kappa shape index (κ2) is 4.82. The van der Waals surface area contributed by atoms with Gasteiger partial charge >= 0.3 is 95.3 Å². The van der Waals surface area contributed by atoms with Crippen molar-refractivity contribution in [2.24, 2.45) is 0 Å². The summed E-state index contributed by atoms with van der Waals surface area (Å²) in [5.74, 6) is 0. The predicted octanol–water partition coefficient (Wildman–Crippen LogP) is 3.15. The molecule has 0 amide bonds. The molecule has 1 aliphatic heterocycles. The first-order valence-electron chi connectivity index (χ1n) is 5.37. The van der Waals surface area contributed by atoms with Crippen LogP contribution in [0.1, 0.15) is 25.7 Å². The summed E-state index contributed by atoms with van der Waals surface area (Å²) in [6.45, 7) is 4.24. The molecular weight excluding hydrogens is 299 g/mol. The molecular formula is C11H16O3Sn. The van der Waals surface area contributed by atoms with Crippen molar-refractivity contribution in [3.05, 3.63) is 35.9 Å². The van der Waals surface area contributed by atoms with Gasteiger partial charge in [-0.1, -0.05) is 0 Å². The van der Waals surface area contributed by atoms with E-state index in [1.165, 1.54) is 0 Å². The summed E-state index contributed by atoms with van der Waals surface area (Å²) in [4.78, 5) is 5.31. The van der Waals surface area contributed by atoms with Gasteiger partial charge in [-0.05, 0) is 0 Å². The molecule has 2 rings (SSSR count). The number of benzene rings is 1. The van der Waals surface area contributed by atoms with Crippen molar-refractivity contribution >= 4 is 19.2 Å². The van der Waals surface area contributed by atoms with E-state index in [-0.39, 0.29) is 6.29 Å². The maximum atomic E-state index is 6.00. The molecule has 3 nitrogen and oxygen atoms in total. The van der Waals surface area contributed by atoms with E-state index in [9.17, 15) is 0 Å². The van der Waals surface area contributed by atoms with Crippen LogP contribution in [-0.4, -0.2) is 19.2 Å². The molecule has 0 saturated carbocycles. The fourth-order valence-corrected chi connectivity index (χ4v) is 7.16. The van der Waals surface area contributed by atoms with Gasteiger partial charge in [0.1, 0.15) is 0 Å². The monoisotopic (exact) mass is 316 g/mol. The van der Waals surface area contributed by atoms with Crippen molar-refractivity contribution in [2.75, 3.05) is 0 Å². The van der Waals surface area contributed by atoms with Crippen molar-refractivity contribution in [3.63, 3.8) is 0 Å². The third kappa shape index (κ3) is 2.36. The van der Waals surface area contributed by atoms with Crippen molar-refractivity contribution in [1.82, 2.24) is 0 Å². The number of hydrogen-bond acceptors (Lipinski definition) is 3. The summed E-state index contributed by atoms with van der Waals surface area (Å²) in [6, 6.07) is 9.95. The van der Waals surface area contributed by atoms with Gasteiger partial charge in [0, 0.05) is 0 Å². The predicted molar refractivity (Wildman–Crippen MR) is 59.2 cm³/mol. The molecule has 1 atom stereocenters. The van der Waals surface area contributed by atoms with E-state index in [4.69, 9.17) is 11.2 Å². The van der Waals surface area contributed by atoms with E-state index >= 15 is 0 Å². The Morgan fingerprint density at radius 2 is 1.80 bits per heavy atom. The van der Waals surface area contributed by atoms with Gasteiger partial charge in [-0.15, -0.1) is 0 Å². The zero-order valence-electron chi connectivity index (χ0n) is 9.10. The molecule has 15 heavy (non-hydrogen) atoms. The van der Waals surface area contributed by atoms with Gasteiger partial charge in [0.15, 0.2) is 0 Å². The SMILES string of the molecule is C[CH2][Sn]1([CH2]C)[O]O[C@@H](c2ccccc2)[O]1. The van der Waals surface area contributed by atoms with Crippen LogP contribution >= 0.6 is 0 Å². The van der Waals surface area contributed by atoms with Gasteiger partial charge in [-0.25, -0.2) is 0 Å². The Labute approximate surface area is 95.2 Å². The molecule has 0 aromatic heterocycles. The van der Waals surface area contributed by atoms with Crippen LogP contribution in [0.5, 0.6) is 0 Å². The zero-order chi connectivity index (χ0) is 10.7. The van der Waals surface area contributed by atoms with Crippen LogP contribution in [0.3, 0.4) is 0 Å². The van der Waals surface area contributed by atoms with Crippen molar-refractivity contribution < 1.29 is 11.2 Å². The minimum atomic E-state index is -2.81. The molecule has 4 heteroatoms. The molecule has 0 aliphatic carbocycles. The molecule has 0 unspecified atom stereocenters. The van der Waals surface area contributed by atoms with Crippen LogP contribution in [0.2, 0.25) is 8.87 Å². The summed E-state index contributed by atoms with van der Waals surface area (Å²) in [6.07, 6.45) is -0.304. The van der Waals surface area contributed by atoms with Gasteiger partial charge in [-0.2, -0.15) is 0 Å². The van der Waals surface area contributed by atoms with E-state index in [2.05, 4.69) is 13.8 Å². The third-order valence-electron chi connectivity index (χ3n) is 2.76. The zero-order valence-corrected chi connectivity index (χ0v) is 12.0. The maximum absolute atomic E-state index is 6.00. The Balaban J connectivity index is 2.10. The summed E-state index contributed by atoms with van der Waals surface area (Å²) >= 11 is -2.81. The van der Waals surface area contributed by atoms with Crippen LogP contribution in [0, 0.1) is 0 Å². The first kappa shape index (κ1) is 11.4. The van der Waals surface area contributed by atoms with Gasteiger partial charge in [0.25, 0.3) is 0 Å². The van der Waals surface area contributed by atoms with E-state index < -0.39 is 19.2 Å². The first-order valence-corrected chi connectivity index (χ1v) is 11.7. The van der Waals surface area contributed by atoms with Gasteiger partial charge in [0.05, 0.1) is 0 Å². The fourth-order valence-electron chi connectivity index (χ4n) is 1.63. The summed E-state index contributed by atoms with van der Waals surface area (Å²) in [5, 5.41) is 0. The fraction of sp³-hybridized carbons (Fsp3) is 0.455. The van der Waals surface area contributed by atoms with Crippen LogP contribution in [-0.2, 0) is 11.2 Å². The molecule has 1 aromatic rings. The Hall–Kier alpha value is -0.101. The minimum absolute atomic E-state index is 0.304. The van der Waals surface area contributed by atoms with Crippen molar-refractivity contribution in [1.29, 1.82) is 0 Å². The molecule has 82 valence electrons.